The van der Waals surface area contributed by atoms with Crippen LogP contribution in [0.25, 0.3) is 0 Å². The molecule has 162 valence electrons. The van der Waals surface area contributed by atoms with Gasteiger partial charge >= 0.3 is 0 Å². The average Bonchev–Trinajstić information content (AvgIpc) is 3.11. The number of benzene rings is 1. The fourth-order valence-electron chi connectivity index (χ4n) is 4.18. The van der Waals surface area contributed by atoms with Gasteiger partial charge in [0.15, 0.2) is 5.78 Å². The third-order valence-corrected chi connectivity index (χ3v) is 7.80. The van der Waals surface area contributed by atoms with Crippen LogP contribution in [0.2, 0.25) is 0 Å². The maximum absolute atomic E-state index is 13.1. The van der Waals surface area contributed by atoms with E-state index in [1.54, 1.807) is 29.9 Å². The van der Waals surface area contributed by atoms with Gasteiger partial charge in [-0.05, 0) is 37.2 Å². The molecule has 1 saturated heterocycles. The molecular formula is C21H27FN4O3S. The molecule has 2 aliphatic heterocycles. The van der Waals surface area contributed by atoms with Crippen LogP contribution in [0.5, 0.6) is 0 Å². The van der Waals surface area contributed by atoms with Gasteiger partial charge in [0, 0.05) is 70.8 Å². The predicted molar refractivity (Wildman–Crippen MR) is 113 cm³/mol. The average molecular weight is 435 g/mol. The maximum atomic E-state index is 13.1. The summed E-state index contributed by atoms with van der Waals surface area (Å²) in [4.78, 5) is 17.0. The maximum Gasteiger partial charge on any atom is 0.245 e. The first-order valence-electron chi connectivity index (χ1n) is 10.3. The molecule has 0 amide bonds. The summed E-state index contributed by atoms with van der Waals surface area (Å²) in [6, 6.07) is 6.56. The third-order valence-electron chi connectivity index (χ3n) is 5.87. The van der Waals surface area contributed by atoms with Gasteiger partial charge in [0.1, 0.15) is 10.7 Å². The Balaban J connectivity index is 1.30. The van der Waals surface area contributed by atoms with Crippen molar-refractivity contribution in [3.63, 3.8) is 0 Å². The van der Waals surface area contributed by atoms with E-state index in [9.17, 15) is 17.6 Å². The summed E-state index contributed by atoms with van der Waals surface area (Å²) in [6.07, 6.45) is 4.05. The first-order valence-corrected chi connectivity index (χ1v) is 11.7. The highest BCUT2D eigenvalue weighted by molar-refractivity contribution is 7.89. The van der Waals surface area contributed by atoms with E-state index < -0.39 is 10.0 Å². The smallest absolute Gasteiger partial charge is 0.245 e. The molecule has 1 aromatic heterocycles. The van der Waals surface area contributed by atoms with Crippen LogP contribution in [-0.2, 0) is 17.1 Å². The number of carbonyl (C=O) groups excluding carboxylic acids is 1. The van der Waals surface area contributed by atoms with Crippen molar-refractivity contribution in [2.75, 3.05) is 50.7 Å². The fraction of sp³-hybridized carbons (Fsp3) is 0.476. The van der Waals surface area contributed by atoms with Crippen molar-refractivity contribution >= 4 is 21.5 Å². The van der Waals surface area contributed by atoms with E-state index in [-0.39, 0.29) is 29.5 Å². The Morgan fingerprint density at radius 3 is 2.37 bits per heavy atom. The van der Waals surface area contributed by atoms with Crippen LogP contribution in [0, 0.1) is 5.82 Å². The van der Waals surface area contributed by atoms with E-state index in [4.69, 9.17) is 0 Å². The molecule has 7 nitrogen and oxygen atoms in total. The molecule has 30 heavy (non-hydrogen) atoms. The number of piperazine rings is 1. The number of aryl methyl sites for hydroxylation is 1. The number of rotatable bonds is 5. The molecule has 0 bridgehead atoms. The van der Waals surface area contributed by atoms with Gasteiger partial charge in [-0.15, -0.1) is 0 Å². The first kappa shape index (κ1) is 21.0. The highest BCUT2D eigenvalue weighted by atomic mass is 32.2. The zero-order valence-electron chi connectivity index (χ0n) is 17.1. The van der Waals surface area contributed by atoms with Gasteiger partial charge in [-0.2, -0.15) is 4.31 Å². The molecule has 2 aromatic rings. The SMILES string of the molecule is Cn1cc2c(c1)S(=O)(=O)N(CCCN1CCN(c3ccc(F)cc3)CC1)CCC2=O. The van der Waals surface area contributed by atoms with Crippen LogP contribution in [0.15, 0.2) is 41.6 Å². The number of Topliss-reactive ketones (excluding diaryl/α,β-unsaturated/α-hetero) is 1. The molecule has 0 unspecified atom stereocenters. The largest absolute Gasteiger partial charge is 0.369 e. The summed E-state index contributed by atoms with van der Waals surface area (Å²) >= 11 is 0. The number of hydrogen-bond acceptors (Lipinski definition) is 5. The van der Waals surface area contributed by atoms with Crippen LogP contribution in [0.4, 0.5) is 10.1 Å². The van der Waals surface area contributed by atoms with Crippen molar-refractivity contribution in [3.05, 3.63) is 48.0 Å². The molecule has 0 radical (unpaired) electrons. The molecule has 4 rings (SSSR count). The molecule has 1 fully saturated rings. The highest BCUT2D eigenvalue weighted by Gasteiger charge is 2.34. The van der Waals surface area contributed by atoms with Crippen molar-refractivity contribution in [1.82, 2.24) is 13.8 Å². The van der Waals surface area contributed by atoms with Crippen LogP contribution in [0.3, 0.4) is 0 Å². The van der Waals surface area contributed by atoms with E-state index >= 15 is 0 Å². The Morgan fingerprint density at radius 2 is 1.67 bits per heavy atom. The fourth-order valence-corrected chi connectivity index (χ4v) is 5.90. The molecule has 1 aromatic carbocycles. The first-order chi connectivity index (χ1) is 14.3. The lowest BCUT2D eigenvalue weighted by molar-refractivity contribution is 0.0976. The number of hydrogen-bond donors (Lipinski definition) is 0. The van der Waals surface area contributed by atoms with Gasteiger partial charge < -0.3 is 9.47 Å². The number of ketones is 1. The summed E-state index contributed by atoms with van der Waals surface area (Å²) in [6.45, 7) is 4.92. The van der Waals surface area contributed by atoms with Crippen LogP contribution in [-0.4, -0.2) is 73.8 Å². The Hall–Kier alpha value is -2.23. The molecular weight excluding hydrogens is 407 g/mol. The monoisotopic (exact) mass is 434 g/mol. The lowest BCUT2D eigenvalue weighted by Gasteiger charge is -2.36. The number of carbonyl (C=O) groups is 1. The second kappa shape index (κ2) is 8.49. The lowest BCUT2D eigenvalue weighted by atomic mass is 10.1. The van der Waals surface area contributed by atoms with Crippen LogP contribution >= 0.6 is 0 Å². The molecule has 0 N–H and O–H groups in total. The minimum Gasteiger partial charge on any atom is -0.369 e. The van der Waals surface area contributed by atoms with E-state index in [1.165, 1.54) is 22.6 Å². The number of halogens is 1. The van der Waals surface area contributed by atoms with Gasteiger partial charge in [-0.3, -0.25) is 9.69 Å². The van der Waals surface area contributed by atoms with Gasteiger partial charge in [0.05, 0.1) is 5.56 Å². The molecule has 3 heterocycles. The van der Waals surface area contributed by atoms with Crippen LogP contribution in [0.1, 0.15) is 23.2 Å². The molecule has 9 heteroatoms. The number of aromatic nitrogens is 1. The Bertz CT molecular complexity index is 1010. The van der Waals surface area contributed by atoms with E-state index in [0.717, 1.165) is 38.4 Å². The molecule has 0 atom stereocenters. The number of anilines is 1. The van der Waals surface area contributed by atoms with Gasteiger partial charge in [0.25, 0.3) is 0 Å². The summed E-state index contributed by atoms with van der Waals surface area (Å²) in [5, 5.41) is 0. The molecule has 0 saturated carbocycles. The van der Waals surface area contributed by atoms with E-state index in [2.05, 4.69) is 9.80 Å². The Labute approximate surface area is 176 Å². The number of fused-ring (bicyclic) bond motifs is 1. The summed E-state index contributed by atoms with van der Waals surface area (Å²) in [5.41, 5.74) is 1.33. The van der Waals surface area contributed by atoms with Crippen molar-refractivity contribution in [2.45, 2.75) is 17.7 Å². The van der Waals surface area contributed by atoms with Crippen molar-refractivity contribution in [3.8, 4) is 0 Å². The number of sulfonamides is 1. The third kappa shape index (κ3) is 4.28. The molecule has 2 aliphatic rings. The highest BCUT2D eigenvalue weighted by Crippen LogP contribution is 2.26. The standard InChI is InChI=1S/C21H27FN4O3S/c1-23-15-19-20(27)7-10-26(30(28,29)21(19)16-23)9-2-8-24-11-13-25(14-12-24)18-5-3-17(22)4-6-18/h3-6,15-16H,2,7-14H2,1H3. The van der Waals surface area contributed by atoms with Gasteiger partial charge in [-0.25, -0.2) is 12.8 Å². The number of nitrogens with zero attached hydrogens (tertiary/aromatic N) is 4. The Morgan fingerprint density at radius 1 is 0.967 bits per heavy atom. The second-order valence-electron chi connectivity index (χ2n) is 7.94. The quantitative estimate of drug-likeness (QED) is 0.720. The van der Waals surface area contributed by atoms with E-state index in [0.29, 0.717) is 18.5 Å². The van der Waals surface area contributed by atoms with Gasteiger partial charge in [0.2, 0.25) is 10.0 Å². The topological polar surface area (TPSA) is 65.9 Å². The zero-order chi connectivity index (χ0) is 21.3. The minimum atomic E-state index is -3.65. The second-order valence-corrected chi connectivity index (χ2v) is 9.84. The zero-order valence-corrected chi connectivity index (χ0v) is 17.9. The normalized spacial score (nSPS) is 20.2. The molecule has 0 spiro atoms. The lowest BCUT2D eigenvalue weighted by Crippen LogP contribution is -2.47. The van der Waals surface area contributed by atoms with Crippen molar-refractivity contribution in [1.29, 1.82) is 0 Å². The van der Waals surface area contributed by atoms with Crippen LogP contribution < -0.4 is 4.90 Å². The molecule has 0 aliphatic carbocycles. The van der Waals surface area contributed by atoms with Crippen molar-refractivity contribution < 1.29 is 17.6 Å². The minimum absolute atomic E-state index is 0.117. The van der Waals surface area contributed by atoms with Gasteiger partial charge in [-0.1, -0.05) is 0 Å². The predicted octanol–water partition coefficient (Wildman–Crippen LogP) is 1.95. The summed E-state index contributed by atoms with van der Waals surface area (Å²) in [5.74, 6) is -0.348. The Kier molecular flexibility index (Phi) is 5.95. The van der Waals surface area contributed by atoms with Crippen molar-refractivity contribution in [2.24, 2.45) is 7.05 Å². The van der Waals surface area contributed by atoms with E-state index in [1.807, 2.05) is 0 Å². The summed E-state index contributed by atoms with van der Waals surface area (Å²) in [7, 11) is -1.92. The summed E-state index contributed by atoms with van der Waals surface area (Å²) < 4.78 is 42.2.